The van der Waals surface area contributed by atoms with Crippen LogP contribution in [0.15, 0.2) is 4.34 Å². The Bertz CT molecular complexity index is 508. The fraction of sp³-hybridized carbons (Fsp3) is 0.700. The first-order chi connectivity index (χ1) is 8.38. The van der Waals surface area contributed by atoms with E-state index in [2.05, 4.69) is 10.2 Å². The van der Waals surface area contributed by atoms with Crippen LogP contribution in [-0.2, 0) is 9.84 Å². The highest BCUT2D eigenvalue weighted by molar-refractivity contribution is 7.93. The largest absolute Gasteiger partial charge is 0.343 e. The van der Waals surface area contributed by atoms with Crippen LogP contribution in [-0.4, -0.2) is 49.3 Å². The molecule has 0 fully saturated rings. The summed E-state index contributed by atoms with van der Waals surface area (Å²) < 4.78 is 23.7. The molecule has 0 aliphatic carbocycles. The van der Waals surface area contributed by atoms with E-state index in [0.717, 1.165) is 24.2 Å². The van der Waals surface area contributed by atoms with E-state index in [0.29, 0.717) is 6.42 Å². The molecular formula is C10H17N3O3S2. The van der Waals surface area contributed by atoms with E-state index >= 15 is 0 Å². The van der Waals surface area contributed by atoms with Crippen molar-refractivity contribution in [2.24, 2.45) is 0 Å². The van der Waals surface area contributed by atoms with Gasteiger partial charge in [-0.05, 0) is 6.42 Å². The number of hydrogen-bond donors (Lipinski definition) is 0. The predicted octanol–water partition coefficient (Wildman–Crippen LogP) is 1.20. The first kappa shape index (κ1) is 15.0. The van der Waals surface area contributed by atoms with Crippen molar-refractivity contribution >= 4 is 27.1 Å². The Hall–Kier alpha value is -1.02. The Kier molecular flexibility index (Phi) is 5.21. The summed E-state index contributed by atoms with van der Waals surface area (Å²) in [6.07, 6.45) is 2.42. The number of nitrogens with zero attached hydrogens (tertiary/aromatic N) is 3. The lowest BCUT2D eigenvalue weighted by atomic mass is 10.3. The molecule has 0 radical (unpaired) electrons. The van der Waals surface area contributed by atoms with Crippen molar-refractivity contribution in [1.82, 2.24) is 15.1 Å². The van der Waals surface area contributed by atoms with E-state index in [1.54, 1.807) is 14.1 Å². The van der Waals surface area contributed by atoms with Gasteiger partial charge < -0.3 is 4.90 Å². The Morgan fingerprint density at radius 1 is 1.28 bits per heavy atom. The molecule has 102 valence electrons. The van der Waals surface area contributed by atoms with Crippen LogP contribution in [0.3, 0.4) is 0 Å². The number of carbonyl (C=O) groups is 1. The third kappa shape index (κ3) is 3.74. The zero-order valence-corrected chi connectivity index (χ0v) is 12.3. The van der Waals surface area contributed by atoms with E-state index in [9.17, 15) is 13.2 Å². The minimum atomic E-state index is -3.40. The van der Waals surface area contributed by atoms with Gasteiger partial charge in [-0.15, -0.1) is 10.2 Å². The average molecular weight is 291 g/mol. The summed E-state index contributed by atoms with van der Waals surface area (Å²) >= 11 is 0.833. The molecule has 1 aromatic rings. The Morgan fingerprint density at radius 3 is 2.50 bits per heavy atom. The molecule has 0 saturated carbocycles. The monoisotopic (exact) mass is 291 g/mol. The molecule has 1 heterocycles. The smallest absolute Gasteiger partial charge is 0.284 e. The molecular weight excluding hydrogens is 274 g/mol. The molecule has 18 heavy (non-hydrogen) atoms. The van der Waals surface area contributed by atoms with E-state index < -0.39 is 9.84 Å². The molecule has 0 aliphatic rings. The number of carbonyl (C=O) groups excluding carboxylic acids is 1. The molecule has 0 aliphatic heterocycles. The molecule has 0 N–H and O–H groups in total. The molecule has 1 aromatic heterocycles. The summed E-state index contributed by atoms with van der Waals surface area (Å²) in [5.74, 6) is -0.270. The molecule has 0 saturated heterocycles. The van der Waals surface area contributed by atoms with Crippen molar-refractivity contribution in [2.75, 3.05) is 19.8 Å². The van der Waals surface area contributed by atoms with Crippen LogP contribution in [0.5, 0.6) is 0 Å². The summed E-state index contributed by atoms with van der Waals surface area (Å²) in [5, 5.41) is 7.34. The molecule has 0 bridgehead atoms. The molecule has 1 rings (SSSR count). The summed E-state index contributed by atoms with van der Waals surface area (Å²) in [5.41, 5.74) is 0. The van der Waals surface area contributed by atoms with Gasteiger partial charge in [0.1, 0.15) is 0 Å². The standard InChI is InChI=1S/C10H17N3O3S2/c1-4-5-6-7-18(15,16)10-12-11-8(17-10)9(14)13(2)3/h4-7H2,1-3H3. The highest BCUT2D eigenvalue weighted by Crippen LogP contribution is 2.19. The van der Waals surface area contributed by atoms with E-state index in [4.69, 9.17) is 0 Å². The zero-order valence-electron chi connectivity index (χ0n) is 10.7. The van der Waals surface area contributed by atoms with Gasteiger partial charge in [0.05, 0.1) is 5.75 Å². The minimum absolute atomic E-state index is 0.0611. The molecule has 8 heteroatoms. The SMILES string of the molecule is CCCCCS(=O)(=O)c1nnc(C(=O)N(C)C)s1. The summed E-state index contributed by atoms with van der Waals surface area (Å²) in [7, 11) is -0.232. The number of hydrogen-bond acceptors (Lipinski definition) is 6. The Balaban J connectivity index is 2.82. The van der Waals surface area contributed by atoms with Crippen LogP contribution in [0, 0.1) is 0 Å². The second kappa shape index (κ2) is 6.24. The summed E-state index contributed by atoms with van der Waals surface area (Å²) in [4.78, 5) is 12.9. The van der Waals surface area contributed by atoms with Crippen LogP contribution < -0.4 is 0 Å². The van der Waals surface area contributed by atoms with Crippen molar-refractivity contribution < 1.29 is 13.2 Å². The predicted molar refractivity (Wildman–Crippen MR) is 69.5 cm³/mol. The van der Waals surface area contributed by atoms with Gasteiger partial charge in [-0.2, -0.15) is 0 Å². The van der Waals surface area contributed by atoms with Crippen molar-refractivity contribution in [3.05, 3.63) is 5.01 Å². The van der Waals surface area contributed by atoms with Gasteiger partial charge in [-0.1, -0.05) is 31.1 Å². The van der Waals surface area contributed by atoms with Gasteiger partial charge in [-0.25, -0.2) is 8.42 Å². The summed E-state index contributed by atoms with van der Waals surface area (Å²) in [6, 6.07) is 0. The molecule has 1 amide bonds. The highest BCUT2D eigenvalue weighted by Gasteiger charge is 2.22. The number of rotatable bonds is 6. The Morgan fingerprint density at radius 2 is 1.94 bits per heavy atom. The van der Waals surface area contributed by atoms with Crippen molar-refractivity contribution in [2.45, 2.75) is 30.5 Å². The van der Waals surface area contributed by atoms with Crippen LogP contribution >= 0.6 is 11.3 Å². The third-order valence-corrected chi connectivity index (χ3v) is 5.44. The van der Waals surface area contributed by atoms with E-state index in [1.807, 2.05) is 6.92 Å². The molecule has 0 spiro atoms. The lowest BCUT2D eigenvalue weighted by molar-refractivity contribution is 0.0826. The maximum Gasteiger partial charge on any atom is 0.284 e. The maximum absolute atomic E-state index is 11.9. The van der Waals surface area contributed by atoms with Crippen molar-refractivity contribution in [1.29, 1.82) is 0 Å². The van der Waals surface area contributed by atoms with Gasteiger partial charge in [-0.3, -0.25) is 4.79 Å². The first-order valence-electron chi connectivity index (χ1n) is 5.66. The van der Waals surface area contributed by atoms with Crippen LogP contribution in [0.25, 0.3) is 0 Å². The second-order valence-electron chi connectivity index (χ2n) is 4.10. The van der Waals surface area contributed by atoms with Crippen LogP contribution in [0.2, 0.25) is 0 Å². The minimum Gasteiger partial charge on any atom is -0.343 e. The maximum atomic E-state index is 11.9. The number of aromatic nitrogens is 2. The zero-order chi connectivity index (χ0) is 13.8. The van der Waals surface area contributed by atoms with Crippen LogP contribution in [0.4, 0.5) is 0 Å². The molecule has 6 nitrogen and oxygen atoms in total. The van der Waals surface area contributed by atoms with Crippen molar-refractivity contribution in [3.8, 4) is 0 Å². The second-order valence-corrected chi connectivity index (χ2v) is 7.36. The quantitative estimate of drug-likeness (QED) is 0.736. The van der Waals surface area contributed by atoms with Gasteiger partial charge in [0.2, 0.25) is 19.2 Å². The number of unbranched alkanes of at least 4 members (excludes halogenated alkanes) is 2. The first-order valence-corrected chi connectivity index (χ1v) is 8.13. The lowest BCUT2D eigenvalue weighted by Gasteiger charge is -2.05. The van der Waals surface area contributed by atoms with Gasteiger partial charge in [0.15, 0.2) is 0 Å². The fourth-order valence-corrected chi connectivity index (χ4v) is 3.76. The molecule has 0 aromatic carbocycles. The van der Waals surface area contributed by atoms with E-state index in [-0.39, 0.29) is 21.0 Å². The van der Waals surface area contributed by atoms with Gasteiger partial charge >= 0.3 is 0 Å². The number of sulfone groups is 1. The fourth-order valence-electron chi connectivity index (χ4n) is 1.24. The van der Waals surface area contributed by atoms with Gasteiger partial charge in [0.25, 0.3) is 5.91 Å². The normalized spacial score (nSPS) is 11.5. The van der Waals surface area contributed by atoms with Crippen molar-refractivity contribution in [3.63, 3.8) is 0 Å². The lowest BCUT2D eigenvalue weighted by Crippen LogP contribution is -2.21. The Labute approximate surface area is 111 Å². The molecule has 0 atom stereocenters. The summed E-state index contributed by atoms with van der Waals surface area (Å²) in [6.45, 7) is 2.01. The molecule has 0 unspecified atom stereocenters. The highest BCUT2D eigenvalue weighted by atomic mass is 32.2. The van der Waals surface area contributed by atoms with Gasteiger partial charge in [0, 0.05) is 14.1 Å². The number of amides is 1. The average Bonchev–Trinajstić information content (AvgIpc) is 2.78. The third-order valence-electron chi connectivity index (χ3n) is 2.28. The van der Waals surface area contributed by atoms with Crippen LogP contribution in [0.1, 0.15) is 36.0 Å². The van der Waals surface area contributed by atoms with E-state index in [1.165, 1.54) is 4.90 Å². The topological polar surface area (TPSA) is 80.2 Å².